The average molecular weight is 502 g/mol. The summed E-state index contributed by atoms with van der Waals surface area (Å²) in [7, 11) is 0. The van der Waals surface area contributed by atoms with Gasteiger partial charge in [-0.25, -0.2) is 18.4 Å². The summed E-state index contributed by atoms with van der Waals surface area (Å²) < 4.78 is 32.7. The molecule has 5 rings (SSSR count). The highest BCUT2D eigenvalue weighted by Gasteiger charge is 2.33. The highest BCUT2D eigenvalue weighted by Crippen LogP contribution is 2.34. The van der Waals surface area contributed by atoms with Gasteiger partial charge in [-0.3, -0.25) is 4.79 Å². The zero-order valence-corrected chi connectivity index (χ0v) is 19.6. The van der Waals surface area contributed by atoms with Crippen molar-refractivity contribution in [3.63, 3.8) is 0 Å². The molecule has 1 aliphatic rings. The topological polar surface area (TPSA) is 56.0 Å². The molecule has 0 N–H and O–H groups in total. The molecular weight excluding hydrogens is 483 g/mol. The van der Waals surface area contributed by atoms with Crippen LogP contribution in [0.1, 0.15) is 32.7 Å². The van der Waals surface area contributed by atoms with Gasteiger partial charge in [0.25, 0.3) is 5.91 Å². The fourth-order valence-electron chi connectivity index (χ4n) is 4.16. The SMILES string of the molecule is Cc1cccc(Cn2nc3c(c2Cl)CCN(c2cc(Cn4ccnc4)cc(Cl)c2F)C3=O)c1F. The van der Waals surface area contributed by atoms with Crippen LogP contribution in [0.15, 0.2) is 49.1 Å². The molecule has 2 aromatic heterocycles. The lowest BCUT2D eigenvalue weighted by molar-refractivity contribution is 0.0974. The largest absolute Gasteiger partial charge is 0.333 e. The summed E-state index contributed by atoms with van der Waals surface area (Å²) in [4.78, 5) is 18.7. The molecule has 0 atom stereocenters. The quantitative estimate of drug-likeness (QED) is 0.374. The Morgan fingerprint density at radius 2 is 1.94 bits per heavy atom. The van der Waals surface area contributed by atoms with Crippen LogP contribution >= 0.6 is 23.2 Å². The zero-order valence-electron chi connectivity index (χ0n) is 18.1. The molecule has 0 spiro atoms. The molecule has 0 unspecified atom stereocenters. The summed E-state index contributed by atoms with van der Waals surface area (Å²) in [6, 6.07) is 8.21. The minimum absolute atomic E-state index is 0.0766. The molecule has 0 radical (unpaired) electrons. The first-order valence-corrected chi connectivity index (χ1v) is 11.3. The van der Waals surface area contributed by atoms with Gasteiger partial charge >= 0.3 is 0 Å². The van der Waals surface area contributed by atoms with Gasteiger partial charge in [0.1, 0.15) is 11.0 Å². The van der Waals surface area contributed by atoms with E-state index in [-0.39, 0.29) is 40.5 Å². The van der Waals surface area contributed by atoms with Gasteiger partial charge in [0.15, 0.2) is 11.5 Å². The Morgan fingerprint density at radius 1 is 1.12 bits per heavy atom. The van der Waals surface area contributed by atoms with Crippen molar-refractivity contribution in [1.29, 1.82) is 0 Å². The van der Waals surface area contributed by atoms with E-state index in [9.17, 15) is 9.18 Å². The average Bonchev–Trinajstić information content (AvgIpc) is 3.43. The van der Waals surface area contributed by atoms with Crippen molar-refractivity contribution in [2.75, 3.05) is 11.4 Å². The number of aromatic nitrogens is 4. The van der Waals surface area contributed by atoms with E-state index >= 15 is 4.39 Å². The Hall–Kier alpha value is -3.23. The van der Waals surface area contributed by atoms with Gasteiger partial charge in [-0.15, -0.1) is 0 Å². The molecule has 3 heterocycles. The van der Waals surface area contributed by atoms with E-state index in [0.717, 1.165) is 5.56 Å². The molecule has 0 saturated carbocycles. The van der Waals surface area contributed by atoms with Crippen molar-refractivity contribution in [2.45, 2.75) is 26.4 Å². The minimum Gasteiger partial charge on any atom is -0.333 e. The Bertz CT molecular complexity index is 1400. The van der Waals surface area contributed by atoms with Crippen LogP contribution in [0.3, 0.4) is 0 Å². The Labute approximate surface area is 204 Å². The summed E-state index contributed by atoms with van der Waals surface area (Å²) in [6.45, 7) is 2.38. The number of imidazole rings is 1. The van der Waals surface area contributed by atoms with Crippen LogP contribution in [0.2, 0.25) is 10.2 Å². The fraction of sp³-hybridized carbons (Fsp3) is 0.208. The lowest BCUT2D eigenvalue weighted by Crippen LogP contribution is -2.38. The van der Waals surface area contributed by atoms with Crippen LogP contribution in [0.5, 0.6) is 0 Å². The van der Waals surface area contributed by atoms with E-state index < -0.39 is 11.7 Å². The van der Waals surface area contributed by atoms with Gasteiger partial charge in [-0.2, -0.15) is 5.10 Å². The number of carbonyl (C=O) groups is 1. The Balaban J connectivity index is 1.47. The summed E-state index contributed by atoms with van der Waals surface area (Å²) in [5, 5.41) is 4.56. The molecule has 1 amide bonds. The van der Waals surface area contributed by atoms with Crippen molar-refractivity contribution >= 4 is 34.8 Å². The van der Waals surface area contributed by atoms with Crippen LogP contribution in [0.4, 0.5) is 14.5 Å². The van der Waals surface area contributed by atoms with Crippen molar-refractivity contribution in [3.05, 3.63) is 98.8 Å². The molecule has 1 aliphatic heterocycles. The monoisotopic (exact) mass is 501 g/mol. The van der Waals surface area contributed by atoms with Crippen molar-refractivity contribution in [2.24, 2.45) is 0 Å². The van der Waals surface area contributed by atoms with Crippen molar-refractivity contribution in [3.8, 4) is 0 Å². The maximum absolute atomic E-state index is 15.0. The van der Waals surface area contributed by atoms with Gasteiger partial charge in [-0.1, -0.05) is 41.4 Å². The molecule has 0 saturated heterocycles. The second-order valence-corrected chi connectivity index (χ2v) is 8.94. The molecule has 0 fully saturated rings. The molecule has 4 aromatic rings. The first-order valence-electron chi connectivity index (χ1n) is 10.6. The smallest absolute Gasteiger partial charge is 0.279 e. The van der Waals surface area contributed by atoms with Gasteiger partial charge in [-0.05, 0) is 36.6 Å². The third-order valence-corrected chi connectivity index (χ3v) is 6.59. The van der Waals surface area contributed by atoms with E-state index in [1.54, 1.807) is 49.9 Å². The predicted octanol–water partition coefficient (Wildman–Crippen LogP) is 5.27. The first-order chi connectivity index (χ1) is 16.3. The number of carbonyl (C=O) groups excluding carboxylic acids is 1. The molecule has 10 heteroatoms. The number of fused-ring (bicyclic) bond motifs is 1. The lowest BCUT2D eigenvalue weighted by atomic mass is 10.1. The Morgan fingerprint density at radius 3 is 2.71 bits per heavy atom. The highest BCUT2D eigenvalue weighted by molar-refractivity contribution is 6.32. The molecule has 174 valence electrons. The van der Waals surface area contributed by atoms with Gasteiger partial charge < -0.3 is 9.47 Å². The zero-order chi connectivity index (χ0) is 24.0. The first kappa shape index (κ1) is 22.6. The van der Waals surface area contributed by atoms with Crippen LogP contribution in [0.25, 0.3) is 0 Å². The molecule has 6 nitrogen and oxygen atoms in total. The second kappa shape index (κ2) is 8.85. The normalized spacial score (nSPS) is 13.4. The number of benzene rings is 2. The van der Waals surface area contributed by atoms with Crippen molar-refractivity contribution in [1.82, 2.24) is 19.3 Å². The Kier molecular flexibility index (Phi) is 5.87. The number of amides is 1. The number of nitrogens with zero attached hydrogens (tertiary/aromatic N) is 5. The second-order valence-electron chi connectivity index (χ2n) is 8.18. The molecule has 2 aromatic carbocycles. The van der Waals surface area contributed by atoms with E-state index in [1.807, 2.05) is 4.57 Å². The number of anilines is 1. The maximum atomic E-state index is 15.0. The van der Waals surface area contributed by atoms with Crippen molar-refractivity contribution < 1.29 is 13.6 Å². The third-order valence-electron chi connectivity index (χ3n) is 5.89. The van der Waals surface area contributed by atoms with E-state index in [4.69, 9.17) is 23.2 Å². The van der Waals surface area contributed by atoms with Gasteiger partial charge in [0.05, 0.1) is 23.6 Å². The molecule has 0 aliphatic carbocycles. The summed E-state index contributed by atoms with van der Waals surface area (Å²) in [5.41, 5.74) is 2.41. The summed E-state index contributed by atoms with van der Waals surface area (Å²) >= 11 is 12.7. The summed E-state index contributed by atoms with van der Waals surface area (Å²) in [5.74, 6) is -1.51. The maximum Gasteiger partial charge on any atom is 0.279 e. The number of aryl methyl sites for hydroxylation is 1. The number of hydrogen-bond donors (Lipinski definition) is 0. The molecule has 34 heavy (non-hydrogen) atoms. The molecular formula is C24H19Cl2F2N5O. The van der Waals surface area contributed by atoms with Crippen LogP contribution < -0.4 is 4.90 Å². The van der Waals surface area contributed by atoms with Crippen LogP contribution in [-0.2, 0) is 19.5 Å². The predicted molar refractivity (Wildman–Crippen MR) is 126 cm³/mol. The lowest BCUT2D eigenvalue weighted by Gasteiger charge is -2.27. The highest BCUT2D eigenvalue weighted by atomic mass is 35.5. The van der Waals surface area contributed by atoms with Crippen LogP contribution in [0, 0.1) is 18.6 Å². The van der Waals surface area contributed by atoms with E-state index in [0.29, 0.717) is 29.7 Å². The van der Waals surface area contributed by atoms with Gasteiger partial charge in [0.2, 0.25) is 0 Å². The molecule has 0 bridgehead atoms. The number of rotatable bonds is 5. The minimum atomic E-state index is -0.680. The standard InChI is InChI=1S/C24H19Cl2F2N5O/c1-14-3-2-4-16(20(14)27)12-33-23(26)17-5-7-32(24(34)22(17)30-33)19-10-15(9-18(25)21(19)28)11-31-8-6-29-13-31/h2-4,6,8-10,13H,5,7,11-12H2,1H3. The third kappa shape index (κ3) is 3.97. The van der Waals surface area contributed by atoms with E-state index in [2.05, 4.69) is 10.1 Å². The summed E-state index contributed by atoms with van der Waals surface area (Å²) in [6.07, 6.45) is 5.44. The number of halogens is 4. The van der Waals surface area contributed by atoms with Gasteiger partial charge in [0, 0.05) is 36.6 Å². The van der Waals surface area contributed by atoms with Crippen LogP contribution in [-0.4, -0.2) is 31.8 Å². The number of hydrogen-bond acceptors (Lipinski definition) is 3. The van der Waals surface area contributed by atoms with E-state index in [1.165, 1.54) is 15.6 Å². The fourth-order valence-corrected chi connectivity index (χ4v) is 4.68.